The van der Waals surface area contributed by atoms with Crippen LogP contribution in [0.4, 0.5) is 0 Å². The largest absolute Gasteiger partial charge is 0.341 e. The number of benzene rings is 2. The first-order valence-electron chi connectivity index (χ1n) is 9.17. The second kappa shape index (κ2) is 6.39. The van der Waals surface area contributed by atoms with Crippen LogP contribution >= 0.6 is 0 Å². The van der Waals surface area contributed by atoms with E-state index in [2.05, 4.69) is 63.5 Å². The number of aryl methyl sites for hydroxylation is 3. The van der Waals surface area contributed by atoms with Crippen molar-refractivity contribution in [1.29, 1.82) is 0 Å². The average Bonchev–Trinajstić information content (AvgIpc) is 2.91. The van der Waals surface area contributed by atoms with Crippen LogP contribution in [-0.2, 0) is 19.4 Å². The van der Waals surface area contributed by atoms with Gasteiger partial charge in [0.1, 0.15) is 0 Å². The molecule has 3 rings (SSSR count). The quantitative estimate of drug-likeness (QED) is 0.518. The molecule has 0 saturated carbocycles. The van der Waals surface area contributed by atoms with Gasteiger partial charge in [0.25, 0.3) is 0 Å². The topological polar surface area (TPSA) is 4.93 Å². The van der Waals surface area contributed by atoms with E-state index in [9.17, 15) is 0 Å². The number of nitrogens with zero attached hydrogens (tertiary/aromatic N) is 1. The molecule has 3 aromatic rings. The summed E-state index contributed by atoms with van der Waals surface area (Å²) in [5, 5.41) is 2.91. The molecule has 1 heteroatoms. The summed E-state index contributed by atoms with van der Waals surface area (Å²) in [6.45, 7) is 12.5. The Hall–Kier alpha value is -1.76. The summed E-state index contributed by atoms with van der Waals surface area (Å²) in [4.78, 5) is 0. The standard InChI is InChI=1S/C22H29N/c1-6-9-12-18-17(7-2)15(4)16(5)21-19-13-10-11-14-20(19)23(8-3)22(18)21/h10-11,13-14H,6-9,12H2,1-5H3. The minimum Gasteiger partial charge on any atom is -0.341 e. The molecule has 0 bridgehead atoms. The number of para-hydroxylation sites is 1. The summed E-state index contributed by atoms with van der Waals surface area (Å²) in [6.07, 6.45) is 4.86. The Morgan fingerprint density at radius 1 is 0.913 bits per heavy atom. The molecule has 0 N–H and O–H groups in total. The monoisotopic (exact) mass is 307 g/mol. The Kier molecular flexibility index (Phi) is 4.48. The van der Waals surface area contributed by atoms with Crippen LogP contribution in [0.25, 0.3) is 21.8 Å². The highest BCUT2D eigenvalue weighted by Gasteiger charge is 2.19. The number of unbranched alkanes of at least 4 members (excludes halogenated alkanes) is 1. The predicted octanol–water partition coefficient (Wildman–Crippen LogP) is 6.34. The van der Waals surface area contributed by atoms with Gasteiger partial charge in [0.05, 0.1) is 5.52 Å². The molecule has 1 heterocycles. The molecule has 1 aromatic heterocycles. The molecule has 0 saturated heterocycles. The minimum atomic E-state index is 1.04. The summed E-state index contributed by atoms with van der Waals surface area (Å²) >= 11 is 0. The fraction of sp³-hybridized carbons (Fsp3) is 0.455. The lowest BCUT2D eigenvalue weighted by atomic mass is 9.89. The zero-order chi connectivity index (χ0) is 16.6. The molecule has 0 radical (unpaired) electrons. The first kappa shape index (κ1) is 16.1. The summed E-state index contributed by atoms with van der Waals surface area (Å²) in [5.41, 5.74) is 9.05. The van der Waals surface area contributed by atoms with Gasteiger partial charge in [-0.25, -0.2) is 0 Å². The van der Waals surface area contributed by atoms with Gasteiger partial charge in [-0.05, 0) is 68.4 Å². The van der Waals surface area contributed by atoms with E-state index in [4.69, 9.17) is 0 Å². The summed E-state index contributed by atoms with van der Waals surface area (Å²) < 4.78 is 2.54. The van der Waals surface area contributed by atoms with Gasteiger partial charge in [-0.1, -0.05) is 38.5 Å². The van der Waals surface area contributed by atoms with E-state index < -0.39 is 0 Å². The smallest absolute Gasteiger partial charge is 0.0529 e. The number of fused-ring (bicyclic) bond motifs is 3. The van der Waals surface area contributed by atoms with E-state index in [-0.39, 0.29) is 0 Å². The van der Waals surface area contributed by atoms with Crippen molar-refractivity contribution in [3.05, 3.63) is 46.5 Å². The van der Waals surface area contributed by atoms with Crippen LogP contribution in [0.5, 0.6) is 0 Å². The number of rotatable bonds is 5. The molecule has 0 aliphatic carbocycles. The van der Waals surface area contributed by atoms with Crippen molar-refractivity contribution in [2.24, 2.45) is 0 Å². The van der Waals surface area contributed by atoms with E-state index in [1.807, 2.05) is 0 Å². The second-order valence-electron chi connectivity index (χ2n) is 6.65. The third kappa shape index (κ3) is 2.38. The maximum atomic E-state index is 2.54. The molecule has 0 atom stereocenters. The lowest BCUT2D eigenvalue weighted by molar-refractivity contribution is 0.773. The fourth-order valence-electron chi connectivity index (χ4n) is 4.21. The van der Waals surface area contributed by atoms with Gasteiger partial charge in [-0.2, -0.15) is 0 Å². The highest BCUT2D eigenvalue weighted by atomic mass is 15.0. The van der Waals surface area contributed by atoms with Crippen molar-refractivity contribution >= 4 is 21.8 Å². The second-order valence-corrected chi connectivity index (χ2v) is 6.65. The van der Waals surface area contributed by atoms with E-state index >= 15 is 0 Å². The summed E-state index contributed by atoms with van der Waals surface area (Å²) in [5.74, 6) is 0. The van der Waals surface area contributed by atoms with Crippen molar-refractivity contribution in [3.8, 4) is 0 Å². The Balaban J connectivity index is 2.53. The van der Waals surface area contributed by atoms with Crippen LogP contribution in [0.15, 0.2) is 24.3 Å². The molecule has 122 valence electrons. The van der Waals surface area contributed by atoms with Crippen molar-refractivity contribution in [3.63, 3.8) is 0 Å². The van der Waals surface area contributed by atoms with Gasteiger partial charge in [0.15, 0.2) is 0 Å². The van der Waals surface area contributed by atoms with Crippen LogP contribution < -0.4 is 0 Å². The SMILES string of the molecule is CCCCc1c(CC)c(C)c(C)c2c3ccccc3n(CC)c12. The molecule has 0 amide bonds. The summed E-state index contributed by atoms with van der Waals surface area (Å²) in [7, 11) is 0. The van der Waals surface area contributed by atoms with Crippen molar-refractivity contribution in [2.45, 2.75) is 66.8 Å². The van der Waals surface area contributed by atoms with Gasteiger partial charge in [-0.3, -0.25) is 0 Å². The lowest BCUT2D eigenvalue weighted by Crippen LogP contribution is -2.04. The number of aromatic nitrogens is 1. The van der Waals surface area contributed by atoms with Gasteiger partial charge in [0, 0.05) is 22.8 Å². The first-order valence-corrected chi connectivity index (χ1v) is 9.17. The number of hydrogen-bond acceptors (Lipinski definition) is 0. The average molecular weight is 307 g/mol. The molecule has 0 spiro atoms. The Bertz CT molecular complexity index is 852. The van der Waals surface area contributed by atoms with Crippen molar-refractivity contribution in [2.75, 3.05) is 0 Å². The van der Waals surface area contributed by atoms with Gasteiger partial charge >= 0.3 is 0 Å². The third-order valence-corrected chi connectivity index (χ3v) is 5.46. The van der Waals surface area contributed by atoms with Crippen LogP contribution in [-0.4, -0.2) is 4.57 Å². The Morgan fingerprint density at radius 3 is 2.30 bits per heavy atom. The Morgan fingerprint density at radius 2 is 1.65 bits per heavy atom. The van der Waals surface area contributed by atoms with E-state index in [0.29, 0.717) is 0 Å². The minimum absolute atomic E-state index is 1.04. The highest BCUT2D eigenvalue weighted by Crippen LogP contribution is 2.38. The molecule has 1 nitrogen and oxygen atoms in total. The van der Waals surface area contributed by atoms with E-state index in [0.717, 1.165) is 13.0 Å². The van der Waals surface area contributed by atoms with Crippen LogP contribution in [0.3, 0.4) is 0 Å². The molecule has 0 unspecified atom stereocenters. The first-order chi connectivity index (χ1) is 11.2. The molecule has 0 aliphatic rings. The molecule has 2 aromatic carbocycles. The molecular weight excluding hydrogens is 278 g/mol. The van der Waals surface area contributed by atoms with Gasteiger partial charge in [0.2, 0.25) is 0 Å². The van der Waals surface area contributed by atoms with Crippen molar-refractivity contribution in [1.82, 2.24) is 4.57 Å². The van der Waals surface area contributed by atoms with Crippen LogP contribution in [0, 0.1) is 13.8 Å². The number of hydrogen-bond donors (Lipinski definition) is 0. The maximum absolute atomic E-state index is 2.54. The third-order valence-electron chi connectivity index (χ3n) is 5.46. The van der Waals surface area contributed by atoms with E-state index in [1.54, 1.807) is 11.1 Å². The molecule has 0 fully saturated rings. The molecule has 23 heavy (non-hydrogen) atoms. The normalized spacial score (nSPS) is 11.7. The van der Waals surface area contributed by atoms with Crippen LogP contribution in [0.2, 0.25) is 0 Å². The highest BCUT2D eigenvalue weighted by molar-refractivity contribution is 6.11. The van der Waals surface area contributed by atoms with Gasteiger partial charge < -0.3 is 4.57 Å². The Labute approximate surface area is 140 Å². The predicted molar refractivity (Wildman–Crippen MR) is 103 cm³/mol. The lowest BCUT2D eigenvalue weighted by Gasteiger charge is -2.18. The van der Waals surface area contributed by atoms with Gasteiger partial charge in [-0.15, -0.1) is 0 Å². The van der Waals surface area contributed by atoms with Crippen LogP contribution in [0.1, 0.15) is 55.9 Å². The zero-order valence-electron chi connectivity index (χ0n) is 15.3. The van der Waals surface area contributed by atoms with E-state index in [1.165, 1.54) is 52.2 Å². The molecular formula is C22H29N. The molecule has 0 aliphatic heterocycles. The zero-order valence-corrected chi connectivity index (χ0v) is 15.3. The summed E-state index contributed by atoms with van der Waals surface area (Å²) in [6, 6.07) is 8.92. The fourth-order valence-corrected chi connectivity index (χ4v) is 4.21. The maximum Gasteiger partial charge on any atom is 0.0529 e. The van der Waals surface area contributed by atoms with Crippen molar-refractivity contribution < 1.29 is 0 Å².